The van der Waals surface area contributed by atoms with Crippen molar-refractivity contribution in [3.63, 3.8) is 0 Å². The van der Waals surface area contributed by atoms with Gasteiger partial charge in [0.15, 0.2) is 0 Å². The molecule has 5 aromatic rings. The number of fused-ring (bicyclic) bond motifs is 1. The smallest absolute Gasteiger partial charge is 0.145 e. The molecule has 0 spiro atoms. The average Bonchev–Trinajstić information content (AvgIpc) is 3.33. The predicted octanol–water partition coefficient (Wildman–Crippen LogP) is 8.30. The van der Waals surface area contributed by atoms with Crippen molar-refractivity contribution in [1.82, 2.24) is 9.55 Å². The number of nitrogens with one attached hydrogen (secondary N) is 1. The molecule has 1 N–H and O–H groups in total. The van der Waals surface area contributed by atoms with Gasteiger partial charge in [-0.05, 0) is 54.1 Å². The number of aromatic nitrogens is 2. The maximum atomic E-state index is 4.99. The molecule has 0 radical (unpaired) electrons. The van der Waals surface area contributed by atoms with Gasteiger partial charge in [0, 0.05) is 31.0 Å². The Morgan fingerprint density at radius 1 is 0.838 bits per heavy atom. The van der Waals surface area contributed by atoms with E-state index in [2.05, 4.69) is 119 Å². The highest BCUT2D eigenvalue weighted by Gasteiger charge is 2.15. The molecule has 182 valence electrons. The van der Waals surface area contributed by atoms with E-state index in [-0.39, 0.29) is 0 Å². The molecule has 4 heteroatoms. The van der Waals surface area contributed by atoms with Crippen LogP contribution in [0.1, 0.15) is 5.56 Å². The highest BCUT2D eigenvalue weighted by Crippen LogP contribution is 2.34. The minimum absolute atomic E-state index is 0.717. The summed E-state index contributed by atoms with van der Waals surface area (Å²) in [5, 5.41) is 3.35. The van der Waals surface area contributed by atoms with Gasteiger partial charge < -0.3 is 10.2 Å². The molecule has 0 atom stereocenters. The van der Waals surface area contributed by atoms with E-state index >= 15 is 0 Å². The number of benzene rings is 4. The zero-order chi connectivity index (χ0) is 25.5. The van der Waals surface area contributed by atoms with Gasteiger partial charge in [-0.3, -0.25) is 4.57 Å². The Bertz CT molecular complexity index is 1560. The van der Waals surface area contributed by atoms with Crippen molar-refractivity contribution in [2.45, 2.75) is 6.54 Å². The number of hydrogen-bond acceptors (Lipinski definition) is 3. The monoisotopic (exact) mass is 482 g/mol. The van der Waals surface area contributed by atoms with E-state index in [4.69, 9.17) is 4.98 Å². The minimum Gasteiger partial charge on any atom is -0.386 e. The van der Waals surface area contributed by atoms with Gasteiger partial charge in [0.1, 0.15) is 5.82 Å². The van der Waals surface area contributed by atoms with Gasteiger partial charge in [-0.15, -0.1) is 0 Å². The van der Waals surface area contributed by atoms with Crippen LogP contribution < -0.4 is 10.2 Å². The Morgan fingerprint density at radius 3 is 2.46 bits per heavy atom. The standard InChI is InChI=1S/C33H30N4/c1-3-4-5-13-23-36-32-22-12-10-20-30(32)35-33(36)27-16-14-15-26(24-27)25-37(28-17-7-6-8-18-28)31-21-11-9-19-29(31)34-2/h3-24,34H,1,25H2,2H3/b5-4-,23-13+. The first-order chi connectivity index (χ1) is 18.3. The molecule has 4 nitrogen and oxygen atoms in total. The fourth-order valence-electron chi connectivity index (χ4n) is 4.51. The van der Waals surface area contributed by atoms with E-state index in [1.807, 2.05) is 37.4 Å². The van der Waals surface area contributed by atoms with E-state index in [0.717, 1.165) is 39.5 Å². The molecule has 1 heterocycles. The molecule has 4 aromatic carbocycles. The molecular formula is C33H30N4. The number of allylic oxidation sites excluding steroid dienone is 4. The summed E-state index contributed by atoms with van der Waals surface area (Å²) in [5.74, 6) is 0.910. The van der Waals surface area contributed by atoms with Crippen LogP contribution in [0.25, 0.3) is 28.6 Å². The Balaban J connectivity index is 1.56. The van der Waals surface area contributed by atoms with Crippen molar-refractivity contribution in [3.05, 3.63) is 140 Å². The highest BCUT2D eigenvalue weighted by molar-refractivity contribution is 5.83. The Labute approximate surface area is 218 Å². The van der Waals surface area contributed by atoms with Crippen molar-refractivity contribution in [2.75, 3.05) is 17.3 Å². The number of nitrogens with zero attached hydrogens (tertiary/aromatic N) is 3. The summed E-state index contributed by atoms with van der Waals surface area (Å²) in [6.45, 7) is 4.47. The van der Waals surface area contributed by atoms with Crippen molar-refractivity contribution in [2.24, 2.45) is 0 Å². The van der Waals surface area contributed by atoms with Gasteiger partial charge in [-0.2, -0.15) is 0 Å². The molecule has 0 aliphatic carbocycles. The highest BCUT2D eigenvalue weighted by atomic mass is 15.1. The van der Waals surface area contributed by atoms with Crippen LogP contribution in [0, 0.1) is 0 Å². The molecule has 1 aromatic heterocycles. The fraction of sp³-hybridized carbons (Fsp3) is 0.0606. The molecule has 0 unspecified atom stereocenters. The Kier molecular flexibility index (Phi) is 7.28. The summed E-state index contributed by atoms with van der Waals surface area (Å²) >= 11 is 0. The molecule has 5 rings (SSSR count). The SMILES string of the molecule is C=C/C=C\C=C\n1c(-c2cccc(CN(c3ccccc3)c3ccccc3NC)c2)nc2ccccc21. The predicted molar refractivity (Wildman–Crippen MR) is 158 cm³/mol. The summed E-state index contributed by atoms with van der Waals surface area (Å²) in [5.41, 5.74) is 7.66. The van der Waals surface area contributed by atoms with Gasteiger partial charge in [0.2, 0.25) is 0 Å². The lowest BCUT2D eigenvalue weighted by Gasteiger charge is -2.27. The maximum Gasteiger partial charge on any atom is 0.145 e. The van der Waals surface area contributed by atoms with Crippen molar-refractivity contribution >= 4 is 34.3 Å². The van der Waals surface area contributed by atoms with Crippen molar-refractivity contribution in [1.29, 1.82) is 0 Å². The Morgan fingerprint density at radius 2 is 1.62 bits per heavy atom. The van der Waals surface area contributed by atoms with Crippen LogP contribution in [0.2, 0.25) is 0 Å². The summed E-state index contributed by atoms with van der Waals surface area (Å²) < 4.78 is 2.15. The van der Waals surface area contributed by atoms with Crippen molar-refractivity contribution in [3.8, 4) is 11.4 Å². The zero-order valence-electron chi connectivity index (χ0n) is 21.0. The average molecular weight is 483 g/mol. The summed E-state index contributed by atoms with van der Waals surface area (Å²) in [7, 11) is 1.96. The molecule has 0 fully saturated rings. The molecule has 0 aliphatic heterocycles. The van der Waals surface area contributed by atoms with Crippen LogP contribution >= 0.6 is 0 Å². The second-order valence-electron chi connectivity index (χ2n) is 8.65. The van der Waals surface area contributed by atoms with E-state index in [1.165, 1.54) is 5.56 Å². The summed E-state index contributed by atoms with van der Waals surface area (Å²) in [6.07, 6.45) is 9.72. The van der Waals surface area contributed by atoms with Crippen LogP contribution in [0.15, 0.2) is 134 Å². The number of hydrogen-bond donors (Lipinski definition) is 1. The fourth-order valence-corrected chi connectivity index (χ4v) is 4.51. The van der Waals surface area contributed by atoms with Gasteiger partial charge in [0.25, 0.3) is 0 Å². The second kappa shape index (κ2) is 11.3. The number of anilines is 3. The number of para-hydroxylation sites is 5. The summed E-state index contributed by atoms with van der Waals surface area (Å²) in [4.78, 5) is 7.33. The normalized spacial score (nSPS) is 11.4. The molecule has 37 heavy (non-hydrogen) atoms. The van der Waals surface area contributed by atoms with E-state index in [9.17, 15) is 0 Å². The van der Waals surface area contributed by atoms with Gasteiger partial charge >= 0.3 is 0 Å². The molecular weight excluding hydrogens is 452 g/mol. The zero-order valence-corrected chi connectivity index (χ0v) is 21.0. The first kappa shape index (κ1) is 23.9. The molecule has 0 bridgehead atoms. The van der Waals surface area contributed by atoms with Gasteiger partial charge in [0.05, 0.1) is 22.4 Å². The molecule has 0 aliphatic rings. The Hall–Kier alpha value is -4.83. The first-order valence-corrected chi connectivity index (χ1v) is 12.4. The van der Waals surface area contributed by atoms with Crippen molar-refractivity contribution < 1.29 is 0 Å². The lowest BCUT2D eigenvalue weighted by molar-refractivity contribution is 0.975. The third kappa shape index (κ3) is 5.24. The topological polar surface area (TPSA) is 33.1 Å². The third-order valence-electron chi connectivity index (χ3n) is 6.25. The van der Waals surface area contributed by atoms with Crippen LogP contribution in [-0.4, -0.2) is 16.6 Å². The van der Waals surface area contributed by atoms with Gasteiger partial charge in [-0.25, -0.2) is 4.98 Å². The maximum absolute atomic E-state index is 4.99. The number of imidazole rings is 1. The quantitative estimate of drug-likeness (QED) is 0.215. The van der Waals surface area contributed by atoms with Crippen LogP contribution in [0.5, 0.6) is 0 Å². The molecule has 0 amide bonds. The number of rotatable bonds is 9. The third-order valence-corrected chi connectivity index (χ3v) is 6.25. The second-order valence-corrected chi connectivity index (χ2v) is 8.65. The first-order valence-electron chi connectivity index (χ1n) is 12.4. The van der Waals surface area contributed by atoms with E-state index < -0.39 is 0 Å². The minimum atomic E-state index is 0.717. The lowest BCUT2D eigenvalue weighted by atomic mass is 10.1. The van der Waals surface area contributed by atoms with Crippen LogP contribution in [0.4, 0.5) is 17.1 Å². The van der Waals surface area contributed by atoms with Crippen LogP contribution in [0.3, 0.4) is 0 Å². The van der Waals surface area contributed by atoms with E-state index in [1.54, 1.807) is 6.08 Å². The van der Waals surface area contributed by atoms with Gasteiger partial charge in [-0.1, -0.05) is 85.5 Å². The molecule has 0 saturated heterocycles. The van der Waals surface area contributed by atoms with Crippen LogP contribution in [-0.2, 0) is 6.54 Å². The lowest BCUT2D eigenvalue weighted by Crippen LogP contribution is -2.17. The largest absolute Gasteiger partial charge is 0.386 e. The summed E-state index contributed by atoms with van der Waals surface area (Å²) in [6, 6.07) is 35.8. The van der Waals surface area contributed by atoms with E-state index in [0.29, 0.717) is 6.54 Å². The molecule has 0 saturated carbocycles.